The van der Waals surface area contributed by atoms with Crippen molar-refractivity contribution in [3.05, 3.63) is 0 Å². The van der Waals surface area contributed by atoms with E-state index in [1.807, 2.05) is 0 Å². The van der Waals surface area contributed by atoms with Gasteiger partial charge in [-0.3, -0.25) is 0 Å². The van der Waals surface area contributed by atoms with Gasteiger partial charge in [0.1, 0.15) is 18.3 Å². The molecule has 1 unspecified atom stereocenters. The van der Waals surface area contributed by atoms with E-state index in [9.17, 15) is 4.79 Å². The highest BCUT2D eigenvalue weighted by Crippen LogP contribution is 2.19. The third kappa shape index (κ3) is 1.79. The molecule has 76 valence electrons. The van der Waals surface area contributed by atoms with Gasteiger partial charge in [0.15, 0.2) is 12.4 Å². The van der Waals surface area contributed by atoms with Crippen LogP contribution in [0.3, 0.4) is 0 Å². The van der Waals surface area contributed by atoms with Crippen molar-refractivity contribution in [2.24, 2.45) is 0 Å². The number of hydrogen-bond acceptors (Lipinski definition) is 6. The van der Waals surface area contributed by atoms with E-state index in [1.54, 1.807) is 0 Å². The topological polar surface area (TPSA) is 127 Å². The molecule has 0 saturated carbocycles. The first-order valence-corrected chi connectivity index (χ1v) is 3.55. The van der Waals surface area contributed by atoms with Crippen molar-refractivity contribution < 1.29 is 35.1 Å². The predicted molar refractivity (Wildman–Crippen MR) is 36.5 cm³/mol. The highest BCUT2D eigenvalue weighted by atomic mass is 16.6. The Morgan fingerprint density at radius 1 is 1.00 bits per heavy atom. The number of aliphatic hydroxyl groups is 4. The van der Waals surface area contributed by atoms with Crippen molar-refractivity contribution >= 4 is 5.97 Å². The van der Waals surface area contributed by atoms with Gasteiger partial charge in [-0.2, -0.15) is 0 Å². The third-order valence-corrected chi connectivity index (χ3v) is 1.83. The molecule has 0 radical (unpaired) electrons. The zero-order chi connectivity index (χ0) is 10.2. The molecule has 5 atom stereocenters. The maximum Gasteiger partial charge on any atom is 0.335 e. The molecule has 1 rings (SSSR count). The molecule has 1 saturated heterocycles. The number of carboxylic acids is 1. The van der Waals surface area contributed by atoms with E-state index in [-0.39, 0.29) is 0 Å². The average molecular weight is 194 g/mol. The van der Waals surface area contributed by atoms with E-state index in [2.05, 4.69) is 4.74 Å². The SMILES string of the molecule is O=C(O)[C@@H]1OC(O)[C@H](O)[C@@H](O)[C@@H]1O. The zero-order valence-corrected chi connectivity index (χ0v) is 6.44. The van der Waals surface area contributed by atoms with Crippen LogP contribution in [-0.2, 0) is 9.53 Å². The van der Waals surface area contributed by atoms with Crippen LogP contribution in [0.1, 0.15) is 0 Å². The Bertz CT molecular complexity index is 205. The molecule has 0 aliphatic carbocycles. The molecule has 0 aromatic rings. The molecule has 13 heavy (non-hydrogen) atoms. The summed E-state index contributed by atoms with van der Waals surface area (Å²) in [7, 11) is 0. The van der Waals surface area contributed by atoms with Crippen LogP contribution in [0.4, 0.5) is 0 Å². The Morgan fingerprint density at radius 3 is 2.00 bits per heavy atom. The summed E-state index contributed by atoms with van der Waals surface area (Å²) < 4.78 is 4.34. The summed E-state index contributed by atoms with van der Waals surface area (Å²) in [4.78, 5) is 10.4. The van der Waals surface area contributed by atoms with E-state index in [4.69, 9.17) is 25.5 Å². The normalized spacial score (nSPS) is 46.0. The van der Waals surface area contributed by atoms with Crippen LogP contribution >= 0.6 is 0 Å². The van der Waals surface area contributed by atoms with Crippen LogP contribution in [0.2, 0.25) is 0 Å². The fourth-order valence-corrected chi connectivity index (χ4v) is 1.07. The molecule has 0 aromatic heterocycles. The predicted octanol–water partition coefficient (Wildman–Crippen LogP) is -3.13. The lowest BCUT2D eigenvalue weighted by atomic mass is 9.99. The van der Waals surface area contributed by atoms with Crippen molar-refractivity contribution in [3.8, 4) is 0 Å². The molecule has 1 fully saturated rings. The summed E-state index contributed by atoms with van der Waals surface area (Å²) in [6, 6.07) is 0. The second-order valence-corrected chi connectivity index (χ2v) is 2.76. The number of carbonyl (C=O) groups is 1. The summed E-state index contributed by atoms with van der Waals surface area (Å²) >= 11 is 0. The molecule has 5 N–H and O–H groups in total. The molecular weight excluding hydrogens is 184 g/mol. The fourth-order valence-electron chi connectivity index (χ4n) is 1.07. The maximum absolute atomic E-state index is 10.4. The number of ether oxygens (including phenoxy) is 1. The van der Waals surface area contributed by atoms with Gasteiger partial charge in [-0.25, -0.2) is 4.79 Å². The smallest absolute Gasteiger partial charge is 0.335 e. The number of aliphatic hydroxyl groups excluding tert-OH is 4. The van der Waals surface area contributed by atoms with E-state index in [0.717, 1.165) is 0 Å². The molecule has 0 aromatic carbocycles. The number of rotatable bonds is 1. The minimum Gasteiger partial charge on any atom is -0.479 e. The van der Waals surface area contributed by atoms with Crippen LogP contribution in [0, 0.1) is 0 Å². The summed E-state index contributed by atoms with van der Waals surface area (Å²) in [5.74, 6) is -1.52. The van der Waals surface area contributed by atoms with Gasteiger partial charge in [0.05, 0.1) is 0 Å². The lowest BCUT2D eigenvalue weighted by Crippen LogP contribution is -2.59. The quantitative estimate of drug-likeness (QED) is 0.298. The van der Waals surface area contributed by atoms with E-state index in [0.29, 0.717) is 0 Å². The summed E-state index contributed by atoms with van der Waals surface area (Å²) in [6.07, 6.45) is -8.72. The Balaban J connectivity index is 2.76. The molecule has 0 spiro atoms. The average Bonchev–Trinajstić information content (AvgIpc) is 2.07. The molecule has 7 nitrogen and oxygen atoms in total. The lowest BCUT2D eigenvalue weighted by molar-refractivity contribution is -0.279. The first-order valence-electron chi connectivity index (χ1n) is 3.55. The van der Waals surface area contributed by atoms with Crippen LogP contribution in [0.25, 0.3) is 0 Å². The lowest BCUT2D eigenvalue weighted by Gasteiger charge is -2.36. The number of aliphatic carboxylic acids is 1. The fraction of sp³-hybridized carbons (Fsp3) is 0.833. The summed E-state index contributed by atoms with van der Waals surface area (Å²) in [5.41, 5.74) is 0. The maximum atomic E-state index is 10.4. The number of hydrogen-bond donors (Lipinski definition) is 5. The minimum absolute atomic E-state index is 1.52. The van der Waals surface area contributed by atoms with Gasteiger partial charge in [-0.1, -0.05) is 0 Å². The standard InChI is InChI=1S/C6H10O7/c7-1-2(8)4(5(10)11)13-6(12)3(1)9/h1-4,6-9,12H,(H,10,11)/t1-,2-,3+,4+,6?/m0/s1. The highest BCUT2D eigenvalue weighted by molar-refractivity contribution is 5.73. The van der Waals surface area contributed by atoms with Gasteiger partial charge in [-0.15, -0.1) is 0 Å². The molecule has 0 amide bonds. The summed E-state index contributed by atoms with van der Waals surface area (Å²) in [6.45, 7) is 0. The van der Waals surface area contributed by atoms with Crippen molar-refractivity contribution in [2.75, 3.05) is 0 Å². The van der Waals surface area contributed by atoms with Crippen molar-refractivity contribution in [2.45, 2.75) is 30.7 Å². The second kappa shape index (κ2) is 3.56. The largest absolute Gasteiger partial charge is 0.479 e. The van der Waals surface area contributed by atoms with Crippen molar-refractivity contribution in [3.63, 3.8) is 0 Å². The van der Waals surface area contributed by atoms with Crippen molar-refractivity contribution in [1.29, 1.82) is 0 Å². The van der Waals surface area contributed by atoms with Crippen LogP contribution in [0.15, 0.2) is 0 Å². The van der Waals surface area contributed by atoms with E-state index >= 15 is 0 Å². The van der Waals surface area contributed by atoms with E-state index < -0.39 is 36.7 Å². The molecule has 1 aliphatic heterocycles. The van der Waals surface area contributed by atoms with Gasteiger partial charge in [0, 0.05) is 0 Å². The minimum atomic E-state index is -1.81. The van der Waals surface area contributed by atoms with Gasteiger partial charge in [0.25, 0.3) is 0 Å². The van der Waals surface area contributed by atoms with Crippen molar-refractivity contribution in [1.82, 2.24) is 0 Å². The number of carboxylic acid groups (broad SMARTS) is 1. The van der Waals surface area contributed by atoms with Crippen LogP contribution in [0.5, 0.6) is 0 Å². The molecule has 1 aliphatic rings. The van der Waals surface area contributed by atoms with Crippen LogP contribution < -0.4 is 0 Å². The first-order chi connectivity index (χ1) is 5.95. The highest BCUT2D eigenvalue weighted by Gasteiger charge is 2.46. The zero-order valence-electron chi connectivity index (χ0n) is 6.44. The Kier molecular flexibility index (Phi) is 2.84. The Labute approximate surface area is 72.8 Å². The monoisotopic (exact) mass is 194 g/mol. The Hall–Kier alpha value is -0.730. The van der Waals surface area contributed by atoms with Gasteiger partial charge in [-0.05, 0) is 0 Å². The summed E-state index contributed by atoms with van der Waals surface area (Å²) in [5, 5.41) is 44.4. The third-order valence-electron chi connectivity index (χ3n) is 1.83. The van der Waals surface area contributed by atoms with E-state index in [1.165, 1.54) is 0 Å². The molecule has 1 heterocycles. The van der Waals surface area contributed by atoms with Gasteiger partial charge >= 0.3 is 5.97 Å². The second-order valence-electron chi connectivity index (χ2n) is 2.76. The molecule has 0 bridgehead atoms. The van der Waals surface area contributed by atoms with Gasteiger partial charge < -0.3 is 30.3 Å². The molecular formula is C6H10O7. The first kappa shape index (κ1) is 10.4. The van der Waals surface area contributed by atoms with Crippen LogP contribution in [-0.4, -0.2) is 62.2 Å². The van der Waals surface area contributed by atoms with Gasteiger partial charge in [0.2, 0.25) is 0 Å². The Morgan fingerprint density at radius 2 is 1.54 bits per heavy atom. The molecule has 7 heteroatoms.